The highest BCUT2D eigenvalue weighted by Crippen LogP contribution is 2.32. The van der Waals surface area contributed by atoms with Crippen molar-refractivity contribution in [2.24, 2.45) is 0 Å². The lowest BCUT2D eigenvalue weighted by Gasteiger charge is -2.20. The van der Waals surface area contributed by atoms with Gasteiger partial charge in [0.15, 0.2) is 5.15 Å². The molecule has 2 aromatic rings. The minimum absolute atomic E-state index is 0.573. The molecule has 1 aliphatic rings. The summed E-state index contributed by atoms with van der Waals surface area (Å²) in [5.41, 5.74) is 1.03. The summed E-state index contributed by atoms with van der Waals surface area (Å²) < 4.78 is 2.14. The van der Waals surface area contributed by atoms with Gasteiger partial charge >= 0.3 is 0 Å². The van der Waals surface area contributed by atoms with Crippen molar-refractivity contribution in [3.8, 4) is 0 Å². The van der Waals surface area contributed by atoms with Gasteiger partial charge < -0.3 is 4.40 Å². The van der Waals surface area contributed by atoms with Crippen molar-refractivity contribution in [2.75, 3.05) is 11.5 Å². The largest absolute Gasteiger partial charge is 0.302 e. The van der Waals surface area contributed by atoms with Crippen molar-refractivity contribution >= 4 is 28.9 Å². The van der Waals surface area contributed by atoms with E-state index in [1.165, 1.54) is 24.3 Å². The average molecular weight is 253 g/mol. The van der Waals surface area contributed by atoms with Crippen LogP contribution in [0.25, 0.3) is 5.52 Å². The van der Waals surface area contributed by atoms with Crippen molar-refractivity contribution < 1.29 is 0 Å². The molecule has 0 aromatic carbocycles. The van der Waals surface area contributed by atoms with Crippen molar-refractivity contribution in [3.63, 3.8) is 0 Å². The molecule has 0 bridgehead atoms. The molecule has 16 heavy (non-hydrogen) atoms. The van der Waals surface area contributed by atoms with Crippen molar-refractivity contribution in [1.29, 1.82) is 0 Å². The molecular weight excluding hydrogens is 240 g/mol. The van der Waals surface area contributed by atoms with E-state index in [4.69, 9.17) is 11.6 Å². The fourth-order valence-electron chi connectivity index (χ4n) is 2.27. The number of hydrogen-bond donors (Lipinski definition) is 0. The fraction of sp³-hybridized carbons (Fsp3) is 0.417. The first-order valence-corrected chi connectivity index (χ1v) is 7.10. The highest BCUT2D eigenvalue weighted by molar-refractivity contribution is 7.99. The molecule has 1 aliphatic heterocycles. The van der Waals surface area contributed by atoms with Crippen LogP contribution in [0.3, 0.4) is 0 Å². The zero-order valence-corrected chi connectivity index (χ0v) is 10.5. The Morgan fingerprint density at radius 2 is 2.12 bits per heavy atom. The predicted octanol–water partition coefficient (Wildman–Crippen LogP) is 3.60. The summed E-state index contributed by atoms with van der Waals surface area (Å²) >= 11 is 8.20. The summed E-state index contributed by atoms with van der Waals surface area (Å²) in [4.78, 5) is 4.53. The lowest BCUT2D eigenvalue weighted by molar-refractivity contribution is 0.596. The van der Waals surface area contributed by atoms with Gasteiger partial charge in [-0.25, -0.2) is 4.98 Å². The number of imidazole rings is 1. The van der Waals surface area contributed by atoms with Crippen LogP contribution in [0, 0.1) is 0 Å². The van der Waals surface area contributed by atoms with Gasteiger partial charge in [0.2, 0.25) is 0 Å². The highest BCUT2D eigenvalue weighted by Gasteiger charge is 2.21. The third-order valence-electron chi connectivity index (χ3n) is 3.12. The molecule has 0 spiro atoms. The first kappa shape index (κ1) is 10.5. The number of halogens is 1. The third kappa shape index (κ3) is 1.72. The van der Waals surface area contributed by atoms with Gasteiger partial charge in [-0.1, -0.05) is 17.7 Å². The molecule has 84 valence electrons. The Balaban J connectivity index is 2.08. The Labute approximate surface area is 104 Å². The standard InChI is InChI=1S/C12H13ClN2S/c13-11-10-3-1-2-6-15(10)12(14-11)9-4-7-16-8-5-9/h1-3,6,9H,4-5,7-8H2. The summed E-state index contributed by atoms with van der Waals surface area (Å²) in [6.07, 6.45) is 4.50. The van der Waals surface area contributed by atoms with Crippen molar-refractivity contribution in [2.45, 2.75) is 18.8 Å². The third-order valence-corrected chi connectivity index (χ3v) is 4.44. The second kappa shape index (κ2) is 4.30. The lowest BCUT2D eigenvalue weighted by atomic mass is 10.0. The SMILES string of the molecule is Clc1nc(C2CCSCC2)n2ccccc12. The van der Waals surface area contributed by atoms with E-state index in [-0.39, 0.29) is 0 Å². The average Bonchev–Trinajstić information content (AvgIpc) is 2.69. The molecule has 3 rings (SSSR count). The minimum Gasteiger partial charge on any atom is -0.302 e. The topological polar surface area (TPSA) is 17.3 Å². The molecule has 0 unspecified atom stereocenters. The lowest BCUT2D eigenvalue weighted by Crippen LogP contribution is -2.11. The van der Waals surface area contributed by atoms with Gasteiger partial charge in [0.25, 0.3) is 0 Å². The number of aromatic nitrogens is 2. The van der Waals surface area contributed by atoms with Crippen LogP contribution in [-0.4, -0.2) is 20.9 Å². The Morgan fingerprint density at radius 1 is 1.31 bits per heavy atom. The van der Waals surface area contributed by atoms with Gasteiger partial charge in [0, 0.05) is 12.1 Å². The summed E-state index contributed by atoms with van der Waals surface area (Å²) in [5, 5.41) is 0.633. The van der Waals surface area contributed by atoms with E-state index in [0.717, 1.165) is 11.3 Å². The highest BCUT2D eigenvalue weighted by atomic mass is 35.5. The van der Waals surface area contributed by atoms with Crippen LogP contribution in [0.1, 0.15) is 24.6 Å². The first-order valence-electron chi connectivity index (χ1n) is 5.56. The van der Waals surface area contributed by atoms with E-state index in [1.54, 1.807) is 0 Å². The maximum Gasteiger partial charge on any atom is 0.155 e. The maximum atomic E-state index is 6.16. The molecular formula is C12H13ClN2S. The number of hydrogen-bond acceptors (Lipinski definition) is 2. The molecule has 0 atom stereocenters. The number of nitrogens with zero attached hydrogens (tertiary/aromatic N) is 2. The second-order valence-electron chi connectivity index (χ2n) is 4.10. The molecule has 1 saturated heterocycles. The Kier molecular flexibility index (Phi) is 2.82. The van der Waals surface area contributed by atoms with Gasteiger partial charge in [0.05, 0.1) is 5.52 Å². The van der Waals surface area contributed by atoms with Crippen LogP contribution in [-0.2, 0) is 0 Å². The fourth-order valence-corrected chi connectivity index (χ4v) is 3.61. The van der Waals surface area contributed by atoms with Crippen LogP contribution >= 0.6 is 23.4 Å². The molecule has 3 heterocycles. The minimum atomic E-state index is 0.573. The van der Waals surface area contributed by atoms with Crippen LogP contribution < -0.4 is 0 Å². The van der Waals surface area contributed by atoms with E-state index in [9.17, 15) is 0 Å². The molecule has 0 amide bonds. The van der Waals surface area contributed by atoms with Crippen LogP contribution in [0.5, 0.6) is 0 Å². The normalized spacial score (nSPS) is 18.1. The molecule has 0 saturated carbocycles. The number of fused-ring (bicyclic) bond motifs is 1. The molecule has 0 N–H and O–H groups in total. The zero-order chi connectivity index (χ0) is 11.0. The Bertz CT molecular complexity index is 503. The first-order chi connectivity index (χ1) is 7.86. The Hall–Kier alpha value is -0.670. The molecule has 0 radical (unpaired) electrons. The van der Waals surface area contributed by atoms with Crippen molar-refractivity contribution in [1.82, 2.24) is 9.38 Å². The number of pyridine rings is 1. The van der Waals surface area contributed by atoms with Crippen LogP contribution in [0.2, 0.25) is 5.15 Å². The van der Waals surface area contributed by atoms with Crippen molar-refractivity contribution in [3.05, 3.63) is 35.4 Å². The van der Waals surface area contributed by atoms with Gasteiger partial charge in [0.1, 0.15) is 5.82 Å². The number of thioether (sulfide) groups is 1. The number of rotatable bonds is 1. The summed E-state index contributed by atoms with van der Waals surface area (Å²) in [5.74, 6) is 4.19. The molecule has 2 aromatic heterocycles. The predicted molar refractivity (Wildman–Crippen MR) is 69.5 cm³/mol. The van der Waals surface area contributed by atoms with Gasteiger partial charge in [-0.2, -0.15) is 11.8 Å². The van der Waals surface area contributed by atoms with E-state index in [0.29, 0.717) is 11.1 Å². The maximum absolute atomic E-state index is 6.16. The van der Waals surface area contributed by atoms with Crippen LogP contribution in [0.4, 0.5) is 0 Å². The molecule has 4 heteroatoms. The quantitative estimate of drug-likeness (QED) is 0.772. The van der Waals surface area contributed by atoms with Crippen LogP contribution in [0.15, 0.2) is 24.4 Å². The van der Waals surface area contributed by atoms with Gasteiger partial charge in [-0.3, -0.25) is 0 Å². The second-order valence-corrected chi connectivity index (χ2v) is 5.69. The Morgan fingerprint density at radius 3 is 2.94 bits per heavy atom. The molecule has 2 nitrogen and oxygen atoms in total. The van der Waals surface area contributed by atoms with Gasteiger partial charge in [-0.15, -0.1) is 0 Å². The monoisotopic (exact) mass is 252 g/mol. The zero-order valence-electron chi connectivity index (χ0n) is 8.90. The summed E-state index contributed by atoms with van der Waals surface area (Å²) in [7, 11) is 0. The molecule has 0 aliphatic carbocycles. The van der Waals surface area contributed by atoms with E-state index < -0.39 is 0 Å². The summed E-state index contributed by atoms with van der Waals surface area (Å²) in [6.45, 7) is 0. The van der Waals surface area contributed by atoms with E-state index in [1.807, 2.05) is 30.0 Å². The smallest absolute Gasteiger partial charge is 0.155 e. The van der Waals surface area contributed by atoms with Gasteiger partial charge in [-0.05, 0) is 36.5 Å². The van der Waals surface area contributed by atoms with E-state index in [2.05, 4.69) is 15.6 Å². The summed E-state index contributed by atoms with van der Waals surface area (Å²) in [6, 6.07) is 6.06. The molecule has 1 fully saturated rings. The van der Waals surface area contributed by atoms with E-state index >= 15 is 0 Å².